The summed E-state index contributed by atoms with van der Waals surface area (Å²) in [6, 6.07) is 8.12. The fraction of sp³-hybridized carbons (Fsp3) is 0.556. The van der Waals surface area contributed by atoms with Crippen molar-refractivity contribution in [2.24, 2.45) is 5.92 Å². The van der Waals surface area contributed by atoms with Crippen molar-refractivity contribution in [1.82, 2.24) is 15.1 Å². The topological polar surface area (TPSA) is 55.9 Å². The number of nitrogens with zero attached hydrogens (tertiary/aromatic N) is 3. The molecule has 2 atom stereocenters. The van der Waals surface area contributed by atoms with Crippen LogP contribution in [0.3, 0.4) is 0 Å². The summed E-state index contributed by atoms with van der Waals surface area (Å²) in [7, 11) is 2.15. The summed E-state index contributed by atoms with van der Waals surface area (Å²) in [5.74, 6) is 0.475. The van der Waals surface area contributed by atoms with E-state index in [0.717, 1.165) is 31.7 Å². The van der Waals surface area contributed by atoms with Crippen LogP contribution in [0.5, 0.6) is 0 Å². The minimum atomic E-state index is 0.0728. The number of rotatable bonds is 2. The molecule has 6 nitrogen and oxygen atoms in total. The number of likely N-dealkylation sites (tertiary alicyclic amines) is 1. The van der Waals surface area contributed by atoms with E-state index in [1.807, 2.05) is 17.0 Å². The van der Waals surface area contributed by atoms with Crippen LogP contribution in [0.15, 0.2) is 24.3 Å². The summed E-state index contributed by atoms with van der Waals surface area (Å²) < 4.78 is 0. The largest absolute Gasteiger partial charge is 0.369 e. The highest BCUT2D eigenvalue weighted by Gasteiger charge is 2.41. The highest BCUT2D eigenvalue weighted by atomic mass is 16.2. The minimum absolute atomic E-state index is 0.0728. The Morgan fingerprint density at radius 3 is 2.46 bits per heavy atom. The van der Waals surface area contributed by atoms with Gasteiger partial charge in [0.05, 0.1) is 6.04 Å². The molecular weight excluding hydrogens is 304 g/mol. The summed E-state index contributed by atoms with van der Waals surface area (Å²) in [5, 5.41) is 2.96. The van der Waals surface area contributed by atoms with Gasteiger partial charge in [-0.2, -0.15) is 0 Å². The third-order valence-electron chi connectivity index (χ3n) is 5.50. The van der Waals surface area contributed by atoms with Crippen LogP contribution in [0.25, 0.3) is 0 Å². The maximum Gasteiger partial charge on any atom is 0.253 e. The Kier molecular flexibility index (Phi) is 3.92. The molecule has 2 unspecified atom stereocenters. The quantitative estimate of drug-likeness (QED) is 0.854. The molecule has 0 aromatic heterocycles. The first-order valence-electron chi connectivity index (χ1n) is 8.72. The van der Waals surface area contributed by atoms with Crippen LogP contribution >= 0.6 is 0 Å². The van der Waals surface area contributed by atoms with Crippen LogP contribution in [0.4, 0.5) is 5.69 Å². The summed E-state index contributed by atoms with van der Waals surface area (Å²) in [6.07, 6.45) is 0.552. The molecule has 6 heteroatoms. The van der Waals surface area contributed by atoms with Crippen LogP contribution in [-0.4, -0.2) is 74.0 Å². The Bertz CT molecular complexity index is 621. The summed E-state index contributed by atoms with van der Waals surface area (Å²) in [4.78, 5) is 30.6. The van der Waals surface area contributed by atoms with E-state index in [1.165, 1.54) is 5.69 Å². The number of amides is 2. The molecule has 3 fully saturated rings. The van der Waals surface area contributed by atoms with Gasteiger partial charge in [-0.3, -0.25) is 9.59 Å². The number of hydrogen-bond acceptors (Lipinski definition) is 4. The third kappa shape index (κ3) is 2.86. The average Bonchev–Trinajstić information content (AvgIpc) is 3.12. The number of carbonyl (C=O) groups is 2. The number of piperazine rings is 1. The van der Waals surface area contributed by atoms with Crippen molar-refractivity contribution in [3.05, 3.63) is 29.8 Å². The van der Waals surface area contributed by atoms with Gasteiger partial charge >= 0.3 is 0 Å². The van der Waals surface area contributed by atoms with E-state index < -0.39 is 0 Å². The third-order valence-corrected chi connectivity index (χ3v) is 5.50. The van der Waals surface area contributed by atoms with Gasteiger partial charge in [-0.1, -0.05) is 0 Å². The second-order valence-corrected chi connectivity index (χ2v) is 7.19. The lowest BCUT2D eigenvalue weighted by atomic mass is 10.1. The summed E-state index contributed by atoms with van der Waals surface area (Å²) in [5.41, 5.74) is 1.92. The highest BCUT2D eigenvalue weighted by molar-refractivity contribution is 5.95. The van der Waals surface area contributed by atoms with Gasteiger partial charge in [0.15, 0.2) is 0 Å². The Labute approximate surface area is 142 Å². The van der Waals surface area contributed by atoms with Gasteiger partial charge in [-0.25, -0.2) is 0 Å². The van der Waals surface area contributed by atoms with Gasteiger partial charge in [0, 0.05) is 62.9 Å². The van der Waals surface area contributed by atoms with Crippen LogP contribution in [0, 0.1) is 5.92 Å². The van der Waals surface area contributed by atoms with Crippen molar-refractivity contribution in [3.8, 4) is 0 Å². The number of nitrogens with one attached hydrogen (secondary N) is 1. The van der Waals surface area contributed by atoms with E-state index in [1.54, 1.807) is 0 Å². The average molecular weight is 328 g/mol. The maximum atomic E-state index is 12.7. The number of hydrogen-bond donors (Lipinski definition) is 1. The molecule has 3 aliphatic heterocycles. The molecule has 2 amide bonds. The number of anilines is 1. The normalized spacial score (nSPS) is 27.3. The van der Waals surface area contributed by atoms with Gasteiger partial charge in [-0.05, 0) is 31.3 Å². The molecule has 3 aliphatic rings. The van der Waals surface area contributed by atoms with Crippen molar-refractivity contribution in [2.75, 3.05) is 51.2 Å². The van der Waals surface area contributed by atoms with Crippen LogP contribution in [-0.2, 0) is 4.79 Å². The Morgan fingerprint density at radius 1 is 1.08 bits per heavy atom. The van der Waals surface area contributed by atoms with E-state index >= 15 is 0 Å². The SMILES string of the molecule is CN1CCN(c2ccc(C(=O)N3CC4CC(=O)NC4C3)cc2)CC1. The first kappa shape index (κ1) is 15.4. The number of carbonyl (C=O) groups excluding carboxylic acids is 2. The smallest absolute Gasteiger partial charge is 0.253 e. The molecule has 0 bridgehead atoms. The Morgan fingerprint density at radius 2 is 1.79 bits per heavy atom. The zero-order valence-electron chi connectivity index (χ0n) is 14.1. The zero-order chi connectivity index (χ0) is 16.7. The number of benzene rings is 1. The molecule has 1 N–H and O–H groups in total. The van der Waals surface area contributed by atoms with Gasteiger partial charge in [0.25, 0.3) is 5.91 Å². The number of likely N-dealkylation sites (N-methyl/N-ethyl adjacent to an activating group) is 1. The fourth-order valence-electron chi connectivity index (χ4n) is 3.97. The molecule has 24 heavy (non-hydrogen) atoms. The molecule has 0 saturated carbocycles. The van der Waals surface area contributed by atoms with Crippen molar-refractivity contribution in [2.45, 2.75) is 12.5 Å². The van der Waals surface area contributed by atoms with Gasteiger partial charge in [0.1, 0.15) is 0 Å². The van der Waals surface area contributed by atoms with Crippen molar-refractivity contribution in [1.29, 1.82) is 0 Å². The zero-order valence-corrected chi connectivity index (χ0v) is 14.1. The molecule has 128 valence electrons. The summed E-state index contributed by atoms with van der Waals surface area (Å²) >= 11 is 0. The first-order chi connectivity index (χ1) is 11.6. The van der Waals surface area contributed by atoms with Crippen molar-refractivity contribution in [3.63, 3.8) is 0 Å². The van der Waals surface area contributed by atoms with E-state index in [-0.39, 0.29) is 23.8 Å². The number of fused-ring (bicyclic) bond motifs is 1. The monoisotopic (exact) mass is 328 g/mol. The fourth-order valence-corrected chi connectivity index (χ4v) is 3.97. The molecule has 1 aromatic carbocycles. The lowest BCUT2D eigenvalue weighted by Gasteiger charge is -2.34. The molecule has 4 rings (SSSR count). The predicted octanol–water partition coefficient (Wildman–Crippen LogP) is 0.399. The van der Waals surface area contributed by atoms with E-state index in [2.05, 4.69) is 34.3 Å². The predicted molar refractivity (Wildman–Crippen MR) is 92.1 cm³/mol. The molecule has 3 heterocycles. The molecule has 0 spiro atoms. The lowest BCUT2D eigenvalue weighted by molar-refractivity contribution is -0.119. The first-order valence-corrected chi connectivity index (χ1v) is 8.72. The Hall–Kier alpha value is -2.08. The van der Waals surface area contributed by atoms with Crippen LogP contribution < -0.4 is 10.2 Å². The summed E-state index contributed by atoms with van der Waals surface area (Å²) in [6.45, 7) is 5.52. The van der Waals surface area contributed by atoms with Gasteiger partial charge < -0.3 is 20.0 Å². The molecule has 0 aliphatic carbocycles. The minimum Gasteiger partial charge on any atom is -0.369 e. The molecule has 1 aromatic rings. The molecular formula is C18H24N4O2. The lowest BCUT2D eigenvalue weighted by Crippen LogP contribution is -2.44. The van der Waals surface area contributed by atoms with E-state index in [0.29, 0.717) is 19.5 Å². The van der Waals surface area contributed by atoms with Gasteiger partial charge in [0.2, 0.25) is 5.91 Å². The van der Waals surface area contributed by atoms with Crippen LogP contribution in [0.2, 0.25) is 0 Å². The van der Waals surface area contributed by atoms with E-state index in [9.17, 15) is 9.59 Å². The van der Waals surface area contributed by atoms with Crippen molar-refractivity contribution >= 4 is 17.5 Å². The maximum absolute atomic E-state index is 12.7. The highest BCUT2D eigenvalue weighted by Crippen LogP contribution is 2.27. The standard InChI is InChI=1S/C18H24N4O2/c1-20-6-8-21(9-7-20)15-4-2-13(3-5-15)18(24)22-11-14-10-17(23)19-16(14)12-22/h2-5,14,16H,6-12H2,1H3,(H,19,23). The Balaban J connectivity index is 1.40. The van der Waals surface area contributed by atoms with Gasteiger partial charge in [-0.15, -0.1) is 0 Å². The molecule has 3 saturated heterocycles. The molecule has 0 radical (unpaired) electrons. The van der Waals surface area contributed by atoms with Crippen molar-refractivity contribution < 1.29 is 9.59 Å². The van der Waals surface area contributed by atoms with Crippen LogP contribution in [0.1, 0.15) is 16.8 Å². The second-order valence-electron chi connectivity index (χ2n) is 7.19. The second kappa shape index (κ2) is 6.09. The van der Waals surface area contributed by atoms with E-state index in [4.69, 9.17) is 0 Å².